The lowest BCUT2D eigenvalue weighted by molar-refractivity contribution is -0.144. The fourth-order valence-electron chi connectivity index (χ4n) is 1.51. The average molecular weight is 315 g/mol. The molecule has 0 aliphatic rings. The van der Waals surface area contributed by atoms with Crippen molar-refractivity contribution >= 4 is 29.4 Å². The lowest BCUT2D eigenvalue weighted by Gasteiger charge is -2.17. The molecule has 0 bridgehead atoms. The minimum Gasteiger partial charge on any atom is -0.480 e. The van der Waals surface area contributed by atoms with Crippen molar-refractivity contribution in [2.75, 3.05) is 6.54 Å². The molecular formula is C13H15ClN2O5. The highest BCUT2D eigenvalue weighted by atomic mass is 35.5. The van der Waals surface area contributed by atoms with Gasteiger partial charge in [0, 0.05) is 10.6 Å². The van der Waals surface area contributed by atoms with Gasteiger partial charge in [0.25, 0.3) is 5.91 Å². The zero-order valence-corrected chi connectivity index (χ0v) is 11.9. The fourth-order valence-corrected chi connectivity index (χ4v) is 1.70. The molecule has 7 nitrogen and oxygen atoms in total. The van der Waals surface area contributed by atoms with Gasteiger partial charge in [-0.3, -0.25) is 9.59 Å². The first kappa shape index (κ1) is 16.9. The third-order valence-electron chi connectivity index (χ3n) is 2.56. The van der Waals surface area contributed by atoms with Gasteiger partial charge >= 0.3 is 5.97 Å². The number of aliphatic hydroxyl groups is 1. The number of halogens is 1. The van der Waals surface area contributed by atoms with Gasteiger partial charge in [-0.25, -0.2) is 4.79 Å². The van der Waals surface area contributed by atoms with Crippen LogP contribution in [0.25, 0.3) is 0 Å². The number of carbonyl (C=O) groups is 3. The van der Waals surface area contributed by atoms with Gasteiger partial charge in [-0.1, -0.05) is 17.7 Å². The van der Waals surface area contributed by atoms with E-state index in [2.05, 4.69) is 10.6 Å². The van der Waals surface area contributed by atoms with Crippen LogP contribution in [0.15, 0.2) is 24.3 Å². The molecule has 0 saturated heterocycles. The summed E-state index contributed by atoms with van der Waals surface area (Å²) in [5, 5.41) is 22.8. The molecule has 1 aromatic carbocycles. The molecule has 2 atom stereocenters. The summed E-state index contributed by atoms with van der Waals surface area (Å²) >= 11 is 5.74. The quantitative estimate of drug-likeness (QED) is 0.591. The van der Waals surface area contributed by atoms with Crippen LogP contribution in [0.2, 0.25) is 5.02 Å². The first-order chi connectivity index (χ1) is 9.81. The standard InChI is InChI=1S/C13H15ClN2O5/c1-7(17)11(13(20)21)16-10(18)6-15-12(19)8-3-2-4-9(14)5-8/h2-5,7,11,17H,6H2,1H3,(H,15,19)(H,16,18)(H,20,21)/t7-,11+/m1/s1. The second-order valence-electron chi connectivity index (χ2n) is 4.32. The molecule has 0 saturated carbocycles. The van der Waals surface area contributed by atoms with Gasteiger partial charge in [-0.15, -0.1) is 0 Å². The number of carboxylic acid groups (broad SMARTS) is 1. The van der Waals surface area contributed by atoms with Crippen molar-refractivity contribution in [3.63, 3.8) is 0 Å². The van der Waals surface area contributed by atoms with E-state index >= 15 is 0 Å². The van der Waals surface area contributed by atoms with Crippen LogP contribution < -0.4 is 10.6 Å². The molecule has 114 valence electrons. The van der Waals surface area contributed by atoms with Gasteiger partial charge in [0.1, 0.15) is 0 Å². The van der Waals surface area contributed by atoms with Crippen molar-refractivity contribution in [2.24, 2.45) is 0 Å². The van der Waals surface area contributed by atoms with E-state index in [1.54, 1.807) is 12.1 Å². The normalized spacial score (nSPS) is 13.1. The summed E-state index contributed by atoms with van der Waals surface area (Å²) in [4.78, 5) is 34.1. The van der Waals surface area contributed by atoms with Crippen LogP contribution in [0.4, 0.5) is 0 Å². The number of nitrogens with one attached hydrogen (secondary N) is 2. The molecule has 0 radical (unpaired) electrons. The minimum atomic E-state index is -1.43. The number of benzene rings is 1. The molecule has 4 N–H and O–H groups in total. The van der Waals surface area contributed by atoms with Crippen molar-refractivity contribution in [1.29, 1.82) is 0 Å². The molecule has 0 aliphatic heterocycles. The van der Waals surface area contributed by atoms with Crippen LogP contribution in [0.3, 0.4) is 0 Å². The molecule has 1 rings (SSSR count). The molecule has 2 amide bonds. The predicted molar refractivity (Wildman–Crippen MR) is 75.0 cm³/mol. The number of aliphatic hydroxyl groups excluding tert-OH is 1. The second kappa shape index (κ2) is 7.61. The van der Waals surface area contributed by atoms with Crippen LogP contribution in [0, 0.1) is 0 Å². The monoisotopic (exact) mass is 314 g/mol. The number of hydrogen-bond acceptors (Lipinski definition) is 4. The Morgan fingerprint density at radius 1 is 1.33 bits per heavy atom. The first-order valence-electron chi connectivity index (χ1n) is 6.05. The number of carbonyl (C=O) groups excluding carboxylic acids is 2. The zero-order valence-electron chi connectivity index (χ0n) is 11.2. The number of carboxylic acids is 1. The van der Waals surface area contributed by atoms with E-state index in [0.717, 1.165) is 0 Å². The third-order valence-corrected chi connectivity index (χ3v) is 2.80. The van der Waals surface area contributed by atoms with Gasteiger partial charge in [-0.05, 0) is 25.1 Å². The molecule has 8 heteroatoms. The predicted octanol–water partition coefficient (Wildman–Crippen LogP) is 0.0200. The summed E-state index contributed by atoms with van der Waals surface area (Å²) in [6.07, 6.45) is -1.25. The summed E-state index contributed by atoms with van der Waals surface area (Å²) in [6.45, 7) is 0.825. The summed E-state index contributed by atoms with van der Waals surface area (Å²) in [7, 11) is 0. The molecule has 0 heterocycles. The summed E-state index contributed by atoms with van der Waals surface area (Å²) < 4.78 is 0. The molecule has 21 heavy (non-hydrogen) atoms. The Labute approximate surface area is 125 Å². The Kier molecular flexibility index (Phi) is 6.13. The Balaban J connectivity index is 2.53. The van der Waals surface area contributed by atoms with Crippen LogP contribution in [-0.4, -0.2) is 46.7 Å². The van der Waals surface area contributed by atoms with Crippen LogP contribution in [0.1, 0.15) is 17.3 Å². The highest BCUT2D eigenvalue weighted by molar-refractivity contribution is 6.30. The molecule has 0 spiro atoms. The lowest BCUT2D eigenvalue weighted by atomic mass is 10.2. The molecule has 0 unspecified atom stereocenters. The Morgan fingerprint density at radius 3 is 2.52 bits per heavy atom. The van der Waals surface area contributed by atoms with Crippen molar-refractivity contribution in [3.05, 3.63) is 34.9 Å². The van der Waals surface area contributed by atoms with E-state index in [-0.39, 0.29) is 5.56 Å². The molecule has 1 aromatic rings. The summed E-state index contributed by atoms with van der Waals surface area (Å²) in [5.74, 6) is -2.60. The lowest BCUT2D eigenvalue weighted by Crippen LogP contribution is -2.50. The smallest absolute Gasteiger partial charge is 0.328 e. The van der Waals surface area contributed by atoms with Crippen molar-refractivity contribution in [2.45, 2.75) is 19.1 Å². The van der Waals surface area contributed by atoms with Gasteiger partial charge in [0.2, 0.25) is 5.91 Å². The van der Waals surface area contributed by atoms with Gasteiger partial charge in [0.05, 0.1) is 12.6 Å². The van der Waals surface area contributed by atoms with E-state index in [0.29, 0.717) is 5.02 Å². The van der Waals surface area contributed by atoms with Gasteiger partial charge in [0.15, 0.2) is 6.04 Å². The van der Waals surface area contributed by atoms with Crippen molar-refractivity contribution < 1.29 is 24.6 Å². The SMILES string of the molecule is C[C@@H](O)[C@H](NC(=O)CNC(=O)c1cccc(Cl)c1)C(=O)O. The van der Waals surface area contributed by atoms with E-state index < -0.39 is 36.5 Å². The summed E-state index contributed by atoms with van der Waals surface area (Å²) in [5.41, 5.74) is 0.278. The maximum atomic E-state index is 11.7. The molecule has 0 aromatic heterocycles. The number of rotatable bonds is 6. The molecule has 0 fully saturated rings. The summed E-state index contributed by atoms with van der Waals surface area (Å²) in [6, 6.07) is 4.72. The van der Waals surface area contributed by atoms with Crippen LogP contribution in [-0.2, 0) is 9.59 Å². The maximum Gasteiger partial charge on any atom is 0.328 e. The van der Waals surface area contributed by atoms with E-state index in [1.807, 2.05) is 0 Å². The topological polar surface area (TPSA) is 116 Å². The average Bonchev–Trinajstić information content (AvgIpc) is 2.41. The van der Waals surface area contributed by atoms with Crippen molar-refractivity contribution in [1.82, 2.24) is 10.6 Å². The Bertz CT molecular complexity index is 547. The largest absolute Gasteiger partial charge is 0.480 e. The zero-order chi connectivity index (χ0) is 16.0. The Hall–Kier alpha value is -2.12. The third kappa shape index (κ3) is 5.41. The molecular weight excluding hydrogens is 300 g/mol. The van der Waals surface area contributed by atoms with E-state index in [9.17, 15) is 19.5 Å². The Morgan fingerprint density at radius 2 is 2.00 bits per heavy atom. The van der Waals surface area contributed by atoms with E-state index in [4.69, 9.17) is 16.7 Å². The first-order valence-corrected chi connectivity index (χ1v) is 6.43. The number of hydrogen-bond donors (Lipinski definition) is 4. The van der Waals surface area contributed by atoms with Crippen LogP contribution >= 0.6 is 11.6 Å². The van der Waals surface area contributed by atoms with Gasteiger partial charge < -0.3 is 20.8 Å². The van der Waals surface area contributed by atoms with E-state index in [1.165, 1.54) is 19.1 Å². The minimum absolute atomic E-state index is 0.278. The molecule has 0 aliphatic carbocycles. The second-order valence-corrected chi connectivity index (χ2v) is 4.75. The maximum absolute atomic E-state index is 11.7. The van der Waals surface area contributed by atoms with Gasteiger partial charge in [-0.2, -0.15) is 0 Å². The number of amides is 2. The highest BCUT2D eigenvalue weighted by Gasteiger charge is 2.24. The fraction of sp³-hybridized carbons (Fsp3) is 0.308. The van der Waals surface area contributed by atoms with Crippen molar-refractivity contribution in [3.8, 4) is 0 Å². The highest BCUT2D eigenvalue weighted by Crippen LogP contribution is 2.10. The number of aliphatic carboxylic acids is 1. The van der Waals surface area contributed by atoms with Crippen LogP contribution in [0.5, 0.6) is 0 Å².